The predicted octanol–water partition coefficient (Wildman–Crippen LogP) is 3.04. The van der Waals surface area contributed by atoms with Gasteiger partial charge in [-0.2, -0.15) is 0 Å². The Morgan fingerprint density at radius 2 is 2.16 bits per heavy atom. The van der Waals surface area contributed by atoms with E-state index in [1.807, 2.05) is 32.0 Å². The van der Waals surface area contributed by atoms with Gasteiger partial charge in [-0.3, -0.25) is 4.79 Å². The Bertz CT molecular complexity index is 582. The zero-order valence-corrected chi connectivity index (χ0v) is 11.0. The Morgan fingerprint density at radius 3 is 2.89 bits per heavy atom. The van der Waals surface area contributed by atoms with Crippen LogP contribution in [0.25, 0.3) is 0 Å². The first-order valence-corrected chi connectivity index (χ1v) is 6.16. The number of hydrogen-bond acceptors (Lipinski definition) is 3. The van der Waals surface area contributed by atoms with Crippen LogP contribution >= 0.6 is 0 Å². The van der Waals surface area contributed by atoms with Crippen LogP contribution in [0.4, 0.5) is 5.82 Å². The lowest BCUT2D eigenvalue weighted by Crippen LogP contribution is -2.13. The summed E-state index contributed by atoms with van der Waals surface area (Å²) in [7, 11) is 0. The maximum absolute atomic E-state index is 12.1. The Labute approximate surface area is 112 Å². The first-order valence-electron chi connectivity index (χ1n) is 6.16. The van der Waals surface area contributed by atoms with Gasteiger partial charge in [0, 0.05) is 11.8 Å². The summed E-state index contributed by atoms with van der Waals surface area (Å²) in [6.07, 6.45) is 1.65. The number of aromatic nitrogens is 1. The molecule has 1 heterocycles. The number of carbonyl (C=O) groups excluding carboxylic acids is 1. The van der Waals surface area contributed by atoms with Gasteiger partial charge < -0.3 is 10.1 Å². The number of ether oxygens (including phenoxy) is 1. The predicted molar refractivity (Wildman–Crippen MR) is 74.5 cm³/mol. The molecule has 4 heteroatoms. The lowest BCUT2D eigenvalue weighted by atomic mass is 10.2. The van der Waals surface area contributed by atoms with Crippen molar-refractivity contribution in [2.75, 3.05) is 11.9 Å². The van der Waals surface area contributed by atoms with E-state index in [4.69, 9.17) is 4.74 Å². The van der Waals surface area contributed by atoms with E-state index < -0.39 is 0 Å². The third-order valence-electron chi connectivity index (χ3n) is 2.65. The van der Waals surface area contributed by atoms with Crippen molar-refractivity contribution in [1.29, 1.82) is 0 Å². The molecule has 0 spiro atoms. The van der Waals surface area contributed by atoms with Gasteiger partial charge in [-0.15, -0.1) is 0 Å². The first kappa shape index (κ1) is 13.1. The van der Waals surface area contributed by atoms with E-state index in [0.717, 1.165) is 5.56 Å². The van der Waals surface area contributed by atoms with E-state index in [2.05, 4.69) is 10.3 Å². The molecule has 0 atom stereocenters. The number of amides is 1. The molecule has 0 aliphatic heterocycles. The van der Waals surface area contributed by atoms with Gasteiger partial charge in [-0.1, -0.05) is 12.1 Å². The number of aryl methyl sites for hydroxylation is 1. The molecule has 98 valence electrons. The highest BCUT2D eigenvalue weighted by Gasteiger charge is 2.09. The highest BCUT2D eigenvalue weighted by molar-refractivity contribution is 6.04. The van der Waals surface area contributed by atoms with Crippen LogP contribution in [-0.4, -0.2) is 17.5 Å². The van der Waals surface area contributed by atoms with Crippen LogP contribution in [0.3, 0.4) is 0 Å². The second-order valence-electron chi connectivity index (χ2n) is 4.08. The Kier molecular flexibility index (Phi) is 4.13. The van der Waals surface area contributed by atoms with Gasteiger partial charge in [0.1, 0.15) is 11.6 Å². The number of carbonyl (C=O) groups is 1. The average molecular weight is 256 g/mol. The van der Waals surface area contributed by atoms with Gasteiger partial charge in [0.2, 0.25) is 0 Å². The van der Waals surface area contributed by atoms with Crippen molar-refractivity contribution in [2.45, 2.75) is 13.8 Å². The van der Waals surface area contributed by atoms with E-state index in [1.54, 1.807) is 24.4 Å². The van der Waals surface area contributed by atoms with Crippen molar-refractivity contribution in [3.05, 3.63) is 53.7 Å². The third-order valence-corrected chi connectivity index (χ3v) is 2.65. The summed E-state index contributed by atoms with van der Waals surface area (Å²) in [5.74, 6) is 1.07. The smallest absolute Gasteiger partial charge is 0.256 e. The highest BCUT2D eigenvalue weighted by atomic mass is 16.5. The Balaban J connectivity index is 2.16. The van der Waals surface area contributed by atoms with Gasteiger partial charge in [0.15, 0.2) is 0 Å². The number of nitrogens with one attached hydrogen (secondary N) is 1. The van der Waals surface area contributed by atoms with Crippen LogP contribution in [0.15, 0.2) is 42.6 Å². The topological polar surface area (TPSA) is 51.2 Å². The van der Waals surface area contributed by atoms with E-state index in [1.165, 1.54) is 0 Å². The Hall–Kier alpha value is -2.36. The molecule has 0 unspecified atom stereocenters. The number of pyridine rings is 1. The molecule has 1 N–H and O–H groups in total. The number of benzene rings is 1. The molecular formula is C15H16N2O2. The highest BCUT2D eigenvalue weighted by Crippen LogP contribution is 2.16. The molecule has 0 radical (unpaired) electrons. The molecule has 0 aliphatic rings. The van der Waals surface area contributed by atoms with Crippen LogP contribution in [0.2, 0.25) is 0 Å². The number of anilines is 1. The maximum atomic E-state index is 12.1. The molecule has 1 amide bonds. The third kappa shape index (κ3) is 3.31. The van der Waals surface area contributed by atoms with E-state index in [0.29, 0.717) is 23.7 Å². The number of nitrogens with zero attached hydrogens (tertiary/aromatic N) is 1. The van der Waals surface area contributed by atoms with Crippen LogP contribution < -0.4 is 10.1 Å². The second kappa shape index (κ2) is 6.00. The molecule has 2 rings (SSSR count). The van der Waals surface area contributed by atoms with E-state index >= 15 is 0 Å². The summed E-state index contributed by atoms with van der Waals surface area (Å²) < 4.78 is 5.37. The molecule has 0 saturated heterocycles. The van der Waals surface area contributed by atoms with Gasteiger partial charge in [0.05, 0.1) is 6.61 Å². The SMILES string of the molecule is CCOc1cccc(C(=O)Nc2ncccc2C)c1. The van der Waals surface area contributed by atoms with Crippen molar-refractivity contribution < 1.29 is 9.53 Å². The van der Waals surface area contributed by atoms with Gasteiger partial charge >= 0.3 is 0 Å². The molecule has 1 aromatic heterocycles. The fraction of sp³-hybridized carbons (Fsp3) is 0.200. The van der Waals surface area contributed by atoms with Gasteiger partial charge in [-0.25, -0.2) is 4.98 Å². The molecule has 0 fully saturated rings. The molecular weight excluding hydrogens is 240 g/mol. The Morgan fingerprint density at radius 1 is 1.32 bits per heavy atom. The van der Waals surface area contributed by atoms with Crippen LogP contribution in [-0.2, 0) is 0 Å². The van der Waals surface area contributed by atoms with Crippen molar-refractivity contribution in [1.82, 2.24) is 4.98 Å². The number of hydrogen-bond donors (Lipinski definition) is 1. The first-order chi connectivity index (χ1) is 9.20. The van der Waals surface area contributed by atoms with E-state index in [-0.39, 0.29) is 5.91 Å². The molecule has 2 aromatic rings. The minimum atomic E-state index is -0.191. The summed E-state index contributed by atoms with van der Waals surface area (Å²) in [6.45, 7) is 4.38. The lowest BCUT2D eigenvalue weighted by molar-refractivity contribution is 0.102. The quantitative estimate of drug-likeness (QED) is 0.914. The summed E-state index contributed by atoms with van der Waals surface area (Å²) in [6, 6.07) is 10.8. The zero-order chi connectivity index (χ0) is 13.7. The van der Waals surface area contributed by atoms with Crippen molar-refractivity contribution >= 4 is 11.7 Å². The van der Waals surface area contributed by atoms with Gasteiger partial charge in [0.25, 0.3) is 5.91 Å². The maximum Gasteiger partial charge on any atom is 0.256 e. The van der Waals surface area contributed by atoms with Gasteiger partial charge in [-0.05, 0) is 43.7 Å². The lowest BCUT2D eigenvalue weighted by Gasteiger charge is -2.08. The molecule has 1 aromatic carbocycles. The largest absolute Gasteiger partial charge is 0.494 e. The molecule has 19 heavy (non-hydrogen) atoms. The van der Waals surface area contributed by atoms with Crippen LogP contribution in [0, 0.1) is 6.92 Å². The fourth-order valence-corrected chi connectivity index (χ4v) is 1.69. The normalized spacial score (nSPS) is 10.0. The molecule has 4 nitrogen and oxygen atoms in total. The fourth-order valence-electron chi connectivity index (χ4n) is 1.69. The van der Waals surface area contributed by atoms with Crippen LogP contribution in [0.5, 0.6) is 5.75 Å². The van der Waals surface area contributed by atoms with Crippen molar-refractivity contribution in [3.8, 4) is 5.75 Å². The monoisotopic (exact) mass is 256 g/mol. The zero-order valence-electron chi connectivity index (χ0n) is 11.0. The van der Waals surface area contributed by atoms with E-state index in [9.17, 15) is 4.79 Å². The molecule has 0 aliphatic carbocycles. The van der Waals surface area contributed by atoms with Crippen molar-refractivity contribution in [2.24, 2.45) is 0 Å². The molecule has 0 bridgehead atoms. The minimum Gasteiger partial charge on any atom is -0.494 e. The average Bonchev–Trinajstić information content (AvgIpc) is 2.42. The van der Waals surface area contributed by atoms with Crippen molar-refractivity contribution in [3.63, 3.8) is 0 Å². The summed E-state index contributed by atoms with van der Waals surface area (Å²) in [5.41, 5.74) is 1.48. The summed E-state index contributed by atoms with van der Waals surface area (Å²) in [5, 5.41) is 2.79. The van der Waals surface area contributed by atoms with Crippen LogP contribution in [0.1, 0.15) is 22.8 Å². The molecule has 0 saturated carbocycles. The number of rotatable bonds is 4. The second-order valence-corrected chi connectivity index (χ2v) is 4.08. The minimum absolute atomic E-state index is 0.191. The summed E-state index contributed by atoms with van der Waals surface area (Å²) in [4.78, 5) is 16.3. The standard InChI is InChI=1S/C15H16N2O2/c1-3-19-13-8-4-7-12(10-13)15(18)17-14-11(2)6-5-9-16-14/h4-10H,3H2,1-2H3,(H,16,17,18). The summed E-state index contributed by atoms with van der Waals surface area (Å²) >= 11 is 0.